The van der Waals surface area contributed by atoms with Crippen LogP contribution in [0.3, 0.4) is 0 Å². The third kappa shape index (κ3) is 0.499. The molecule has 2 heteroatoms. The molecule has 0 radical (unpaired) electrons. The van der Waals surface area contributed by atoms with Gasteiger partial charge in [0.1, 0.15) is 0 Å². The number of rotatable bonds is 0. The van der Waals surface area contributed by atoms with E-state index in [-0.39, 0.29) is 0 Å². The van der Waals surface area contributed by atoms with Crippen molar-refractivity contribution >= 4 is 6.20 Å². The number of hydrogen-bond acceptors (Lipinski definition) is 1. The molecule has 0 bridgehead atoms. The van der Waals surface area contributed by atoms with E-state index in [9.17, 15) is 0 Å². The highest BCUT2D eigenvalue weighted by molar-refractivity contribution is 5.42. The highest BCUT2D eigenvalue weighted by atomic mass is 16.3. The fourth-order valence-electron chi connectivity index (χ4n) is 1.10. The van der Waals surface area contributed by atoms with E-state index in [2.05, 4.69) is 0 Å². The minimum atomic E-state index is 0.332. The van der Waals surface area contributed by atoms with Crippen LogP contribution in [0, 0.1) is 0 Å². The van der Waals surface area contributed by atoms with Gasteiger partial charge in [-0.3, -0.25) is 4.57 Å². The summed E-state index contributed by atoms with van der Waals surface area (Å²) >= 11 is 0. The van der Waals surface area contributed by atoms with Crippen LogP contribution < -0.4 is 0 Å². The van der Waals surface area contributed by atoms with Crippen LogP contribution in [0.2, 0.25) is 0 Å². The molecule has 0 amide bonds. The first-order valence-corrected chi connectivity index (χ1v) is 2.93. The van der Waals surface area contributed by atoms with Crippen LogP contribution >= 0.6 is 0 Å². The molecule has 46 valence electrons. The van der Waals surface area contributed by atoms with Crippen molar-refractivity contribution in [2.75, 3.05) is 0 Å². The highest BCUT2D eigenvalue weighted by Crippen LogP contribution is 2.20. The molecule has 1 aromatic heterocycles. The van der Waals surface area contributed by atoms with Gasteiger partial charge in [-0.1, -0.05) is 6.08 Å². The molecule has 0 saturated carbocycles. The first-order valence-electron chi connectivity index (χ1n) is 2.93. The van der Waals surface area contributed by atoms with E-state index in [1.54, 1.807) is 10.6 Å². The van der Waals surface area contributed by atoms with Crippen LogP contribution in [0.4, 0.5) is 0 Å². The Morgan fingerprint density at radius 1 is 1.44 bits per heavy atom. The molecule has 0 spiro atoms. The molecule has 0 aromatic carbocycles. The molecule has 0 saturated heterocycles. The normalized spacial score (nSPS) is 14.2. The van der Waals surface area contributed by atoms with Gasteiger partial charge in [0, 0.05) is 24.4 Å². The molecular formula is C7H7NO. The van der Waals surface area contributed by atoms with Crippen molar-refractivity contribution in [3.8, 4) is 5.88 Å². The van der Waals surface area contributed by atoms with Gasteiger partial charge in [-0.05, 0) is 6.07 Å². The summed E-state index contributed by atoms with van der Waals surface area (Å²) in [6.45, 7) is 0. The molecule has 0 unspecified atom stereocenters. The molecule has 1 N–H and O–H groups in total. The summed E-state index contributed by atoms with van der Waals surface area (Å²) in [5, 5.41) is 9.08. The molecule has 2 rings (SSSR count). The van der Waals surface area contributed by atoms with E-state index in [1.165, 1.54) is 0 Å². The third-order valence-electron chi connectivity index (χ3n) is 1.56. The van der Waals surface area contributed by atoms with Crippen molar-refractivity contribution in [3.05, 3.63) is 23.9 Å². The summed E-state index contributed by atoms with van der Waals surface area (Å²) < 4.78 is 1.78. The second-order valence-corrected chi connectivity index (χ2v) is 2.14. The quantitative estimate of drug-likeness (QED) is 0.548. The zero-order valence-electron chi connectivity index (χ0n) is 4.91. The van der Waals surface area contributed by atoms with E-state index in [0.717, 1.165) is 12.1 Å². The van der Waals surface area contributed by atoms with Crippen molar-refractivity contribution < 1.29 is 5.11 Å². The van der Waals surface area contributed by atoms with E-state index in [4.69, 9.17) is 5.11 Å². The van der Waals surface area contributed by atoms with Crippen molar-refractivity contribution in [1.82, 2.24) is 4.57 Å². The number of aromatic nitrogens is 1. The predicted octanol–water partition coefficient (Wildman–Crippen LogP) is 1.22. The van der Waals surface area contributed by atoms with E-state index in [1.807, 2.05) is 18.3 Å². The van der Waals surface area contributed by atoms with E-state index in [0.29, 0.717) is 5.88 Å². The molecular weight excluding hydrogens is 114 g/mol. The third-order valence-corrected chi connectivity index (χ3v) is 1.56. The molecule has 1 aliphatic heterocycles. The highest BCUT2D eigenvalue weighted by Gasteiger charge is 2.06. The molecule has 0 atom stereocenters. The zero-order valence-corrected chi connectivity index (χ0v) is 4.91. The summed E-state index contributed by atoms with van der Waals surface area (Å²) in [6, 6.07) is 3.63. The van der Waals surface area contributed by atoms with Crippen LogP contribution in [0.5, 0.6) is 5.88 Å². The average molecular weight is 121 g/mol. The van der Waals surface area contributed by atoms with Gasteiger partial charge >= 0.3 is 0 Å². The Balaban J connectivity index is 2.67. The Labute approximate surface area is 53.0 Å². The number of nitrogens with zero attached hydrogens (tertiary/aromatic N) is 1. The number of hydrogen-bond donors (Lipinski definition) is 1. The molecule has 2 heterocycles. The van der Waals surface area contributed by atoms with E-state index < -0.39 is 0 Å². The maximum absolute atomic E-state index is 9.08. The second kappa shape index (κ2) is 1.41. The van der Waals surface area contributed by atoms with Crippen LogP contribution in [-0.2, 0) is 6.42 Å². The molecule has 1 aromatic rings. The van der Waals surface area contributed by atoms with Gasteiger partial charge in [0.15, 0.2) is 5.88 Å². The Kier molecular flexibility index (Phi) is 0.730. The second-order valence-electron chi connectivity index (χ2n) is 2.14. The standard InChI is InChI=1S/C7H7NO/c9-7-4-3-6-2-1-5-8(6)7/h1,3-5,9H,2H2. The monoisotopic (exact) mass is 121 g/mol. The van der Waals surface area contributed by atoms with Crippen LogP contribution in [0.15, 0.2) is 18.2 Å². The molecule has 0 aliphatic carbocycles. The smallest absolute Gasteiger partial charge is 0.195 e. The number of allylic oxidation sites excluding steroid dienone is 1. The number of aromatic hydroxyl groups is 1. The van der Waals surface area contributed by atoms with Crippen LogP contribution in [0.1, 0.15) is 5.69 Å². The predicted molar refractivity (Wildman–Crippen MR) is 35.1 cm³/mol. The minimum Gasteiger partial charge on any atom is -0.494 e. The SMILES string of the molecule is Oc1ccc2n1C=CC2. The summed E-state index contributed by atoms with van der Waals surface area (Å²) in [5.41, 5.74) is 1.16. The van der Waals surface area contributed by atoms with Gasteiger partial charge in [-0.2, -0.15) is 0 Å². The Morgan fingerprint density at radius 3 is 3.11 bits per heavy atom. The van der Waals surface area contributed by atoms with Crippen molar-refractivity contribution in [2.45, 2.75) is 6.42 Å². The van der Waals surface area contributed by atoms with Gasteiger partial charge in [-0.25, -0.2) is 0 Å². The fourth-order valence-corrected chi connectivity index (χ4v) is 1.10. The molecule has 2 nitrogen and oxygen atoms in total. The fraction of sp³-hybridized carbons (Fsp3) is 0.143. The van der Waals surface area contributed by atoms with Crippen molar-refractivity contribution in [1.29, 1.82) is 0 Å². The first kappa shape index (κ1) is 4.68. The Bertz CT molecular complexity index is 260. The van der Waals surface area contributed by atoms with Crippen molar-refractivity contribution in [3.63, 3.8) is 0 Å². The lowest BCUT2D eigenvalue weighted by Gasteiger charge is -1.93. The largest absolute Gasteiger partial charge is 0.494 e. The van der Waals surface area contributed by atoms with Gasteiger partial charge in [-0.15, -0.1) is 0 Å². The summed E-state index contributed by atoms with van der Waals surface area (Å²) in [7, 11) is 0. The van der Waals surface area contributed by atoms with Gasteiger partial charge in [0.25, 0.3) is 0 Å². The zero-order chi connectivity index (χ0) is 6.27. The molecule has 1 aliphatic rings. The number of fused-ring (bicyclic) bond motifs is 1. The van der Waals surface area contributed by atoms with E-state index >= 15 is 0 Å². The maximum atomic E-state index is 9.08. The van der Waals surface area contributed by atoms with Crippen LogP contribution in [0.25, 0.3) is 6.20 Å². The Morgan fingerprint density at radius 2 is 2.33 bits per heavy atom. The Hall–Kier alpha value is -1.18. The minimum absolute atomic E-state index is 0.332. The lowest BCUT2D eigenvalue weighted by Crippen LogP contribution is -1.83. The van der Waals surface area contributed by atoms with Crippen molar-refractivity contribution in [2.24, 2.45) is 0 Å². The summed E-state index contributed by atoms with van der Waals surface area (Å²) in [4.78, 5) is 0. The summed E-state index contributed by atoms with van der Waals surface area (Å²) in [6.07, 6.45) is 4.85. The topological polar surface area (TPSA) is 25.2 Å². The maximum Gasteiger partial charge on any atom is 0.195 e. The summed E-state index contributed by atoms with van der Waals surface area (Å²) in [5.74, 6) is 0.332. The van der Waals surface area contributed by atoms with Gasteiger partial charge in [0.05, 0.1) is 0 Å². The van der Waals surface area contributed by atoms with Gasteiger partial charge in [0.2, 0.25) is 0 Å². The van der Waals surface area contributed by atoms with Crippen LogP contribution in [-0.4, -0.2) is 9.67 Å². The molecule has 9 heavy (non-hydrogen) atoms. The average Bonchev–Trinajstić information content (AvgIpc) is 2.35. The first-order chi connectivity index (χ1) is 4.38. The molecule has 0 fully saturated rings. The lowest BCUT2D eigenvalue weighted by molar-refractivity contribution is 0.445. The van der Waals surface area contributed by atoms with Gasteiger partial charge < -0.3 is 5.11 Å². The lowest BCUT2D eigenvalue weighted by atomic mass is 10.3.